The van der Waals surface area contributed by atoms with Crippen LogP contribution in [0.2, 0.25) is 0 Å². The van der Waals surface area contributed by atoms with E-state index in [-0.39, 0.29) is 10.7 Å². The fourth-order valence-electron chi connectivity index (χ4n) is 2.42. The van der Waals surface area contributed by atoms with Gasteiger partial charge in [0, 0.05) is 29.2 Å². The molecule has 1 atom stereocenters. The SMILES string of the molecule is CCNC(=O)c1ccc(N)cc1NCC1(C)CCCS1. The minimum atomic E-state index is -0.0563. The molecule has 0 spiro atoms. The van der Waals surface area contributed by atoms with Crippen molar-refractivity contribution in [3.8, 4) is 0 Å². The van der Waals surface area contributed by atoms with Crippen LogP contribution in [0, 0.1) is 0 Å². The number of anilines is 2. The molecule has 0 aliphatic carbocycles. The number of nitrogens with one attached hydrogen (secondary N) is 2. The van der Waals surface area contributed by atoms with Gasteiger partial charge in [-0.3, -0.25) is 4.79 Å². The van der Waals surface area contributed by atoms with Gasteiger partial charge >= 0.3 is 0 Å². The minimum absolute atomic E-state index is 0.0563. The molecular formula is C15H23N3OS. The number of carbonyl (C=O) groups is 1. The maximum atomic E-state index is 12.1. The van der Waals surface area contributed by atoms with Crippen LogP contribution in [0.15, 0.2) is 18.2 Å². The zero-order valence-corrected chi connectivity index (χ0v) is 13.0. The topological polar surface area (TPSA) is 67.2 Å². The molecule has 1 aromatic rings. The van der Waals surface area contributed by atoms with Gasteiger partial charge in [-0.25, -0.2) is 0 Å². The van der Waals surface area contributed by atoms with E-state index < -0.39 is 0 Å². The number of hydrogen-bond donors (Lipinski definition) is 3. The molecule has 0 saturated carbocycles. The Morgan fingerprint density at radius 1 is 1.50 bits per heavy atom. The van der Waals surface area contributed by atoms with E-state index >= 15 is 0 Å². The molecule has 20 heavy (non-hydrogen) atoms. The highest BCUT2D eigenvalue weighted by atomic mass is 32.2. The Hall–Kier alpha value is -1.36. The van der Waals surface area contributed by atoms with Gasteiger partial charge in [0.15, 0.2) is 0 Å². The third-order valence-corrected chi connectivity index (χ3v) is 5.12. The first-order valence-corrected chi connectivity index (χ1v) is 8.08. The third kappa shape index (κ3) is 3.60. The number of thioether (sulfide) groups is 1. The van der Waals surface area contributed by atoms with Gasteiger partial charge in [-0.05, 0) is 50.6 Å². The van der Waals surface area contributed by atoms with E-state index in [2.05, 4.69) is 17.6 Å². The Kier molecular flexibility index (Phi) is 4.81. The average Bonchev–Trinajstić information content (AvgIpc) is 2.84. The van der Waals surface area contributed by atoms with Crippen molar-refractivity contribution in [1.82, 2.24) is 5.32 Å². The largest absolute Gasteiger partial charge is 0.399 e. The lowest BCUT2D eigenvalue weighted by atomic mass is 10.0. The fourth-order valence-corrected chi connectivity index (χ4v) is 3.66. The van der Waals surface area contributed by atoms with Crippen LogP contribution in [-0.4, -0.2) is 29.5 Å². The van der Waals surface area contributed by atoms with E-state index in [0.717, 1.165) is 12.2 Å². The molecular weight excluding hydrogens is 270 g/mol. The molecule has 1 aromatic carbocycles. The lowest BCUT2D eigenvalue weighted by Crippen LogP contribution is -2.29. The molecule has 1 aliphatic rings. The van der Waals surface area contributed by atoms with Gasteiger partial charge < -0.3 is 16.4 Å². The molecule has 1 heterocycles. The molecule has 110 valence electrons. The molecule has 0 bridgehead atoms. The monoisotopic (exact) mass is 293 g/mol. The van der Waals surface area contributed by atoms with Gasteiger partial charge in [-0.1, -0.05) is 0 Å². The number of benzene rings is 1. The highest BCUT2D eigenvalue weighted by molar-refractivity contribution is 8.00. The van der Waals surface area contributed by atoms with Crippen molar-refractivity contribution in [3.63, 3.8) is 0 Å². The number of amides is 1. The van der Waals surface area contributed by atoms with Crippen LogP contribution in [0.1, 0.15) is 37.0 Å². The van der Waals surface area contributed by atoms with E-state index in [1.165, 1.54) is 18.6 Å². The Bertz CT molecular complexity index is 484. The van der Waals surface area contributed by atoms with Crippen LogP contribution < -0.4 is 16.4 Å². The van der Waals surface area contributed by atoms with Crippen LogP contribution in [0.4, 0.5) is 11.4 Å². The van der Waals surface area contributed by atoms with Gasteiger partial charge in [0.25, 0.3) is 5.91 Å². The summed E-state index contributed by atoms with van der Waals surface area (Å²) in [4.78, 5) is 12.1. The number of rotatable bonds is 5. The molecule has 1 unspecified atom stereocenters. The minimum Gasteiger partial charge on any atom is -0.399 e. The van der Waals surface area contributed by atoms with Crippen molar-refractivity contribution >= 4 is 29.0 Å². The molecule has 4 N–H and O–H groups in total. The standard InChI is InChI=1S/C15H23N3OS/c1-3-17-14(19)12-6-5-11(16)9-13(12)18-10-15(2)7-4-8-20-15/h5-6,9,18H,3-4,7-8,10,16H2,1-2H3,(H,17,19). The summed E-state index contributed by atoms with van der Waals surface area (Å²) in [5.74, 6) is 1.16. The maximum Gasteiger partial charge on any atom is 0.253 e. The smallest absolute Gasteiger partial charge is 0.253 e. The molecule has 0 aromatic heterocycles. The Morgan fingerprint density at radius 2 is 2.30 bits per heavy atom. The second-order valence-corrected chi connectivity index (χ2v) is 7.10. The van der Waals surface area contributed by atoms with E-state index in [0.29, 0.717) is 17.8 Å². The molecule has 1 amide bonds. The zero-order chi connectivity index (χ0) is 14.6. The summed E-state index contributed by atoms with van der Waals surface area (Å²) >= 11 is 2.00. The third-order valence-electron chi connectivity index (χ3n) is 3.58. The van der Waals surface area contributed by atoms with Crippen LogP contribution >= 0.6 is 11.8 Å². The van der Waals surface area contributed by atoms with Gasteiger partial charge in [0.2, 0.25) is 0 Å². The second kappa shape index (κ2) is 6.39. The summed E-state index contributed by atoms with van der Waals surface area (Å²) in [6.07, 6.45) is 2.48. The average molecular weight is 293 g/mol. The Labute approximate surface area is 124 Å². The lowest BCUT2D eigenvalue weighted by molar-refractivity contribution is 0.0956. The molecule has 5 heteroatoms. The summed E-state index contributed by atoms with van der Waals surface area (Å²) in [7, 11) is 0. The molecule has 4 nitrogen and oxygen atoms in total. The number of nitrogen functional groups attached to an aromatic ring is 1. The van der Waals surface area contributed by atoms with Crippen LogP contribution in [0.5, 0.6) is 0 Å². The van der Waals surface area contributed by atoms with Crippen LogP contribution in [0.3, 0.4) is 0 Å². The molecule has 1 aliphatic heterocycles. The first-order valence-electron chi connectivity index (χ1n) is 7.09. The van der Waals surface area contributed by atoms with Crippen molar-refractivity contribution in [2.45, 2.75) is 31.4 Å². The van der Waals surface area contributed by atoms with Crippen molar-refractivity contribution in [2.75, 3.05) is 29.9 Å². The summed E-state index contributed by atoms with van der Waals surface area (Å²) in [5.41, 5.74) is 8.00. The first-order chi connectivity index (χ1) is 9.54. The number of hydrogen-bond acceptors (Lipinski definition) is 4. The fraction of sp³-hybridized carbons (Fsp3) is 0.533. The van der Waals surface area contributed by atoms with Gasteiger partial charge in [-0.15, -0.1) is 0 Å². The summed E-state index contributed by atoms with van der Waals surface area (Å²) < 4.78 is 0.253. The van der Waals surface area contributed by atoms with Crippen LogP contribution in [0.25, 0.3) is 0 Å². The van der Waals surface area contributed by atoms with Gasteiger partial charge in [0.1, 0.15) is 0 Å². The molecule has 0 radical (unpaired) electrons. The van der Waals surface area contributed by atoms with E-state index in [1.54, 1.807) is 12.1 Å². The summed E-state index contributed by atoms with van der Waals surface area (Å²) in [5, 5.41) is 6.25. The van der Waals surface area contributed by atoms with Gasteiger partial charge in [0.05, 0.1) is 5.56 Å². The molecule has 1 saturated heterocycles. The summed E-state index contributed by atoms with van der Waals surface area (Å²) in [6.45, 7) is 5.66. The Morgan fingerprint density at radius 3 is 2.95 bits per heavy atom. The van der Waals surface area contributed by atoms with Gasteiger partial charge in [-0.2, -0.15) is 11.8 Å². The Balaban J connectivity index is 2.12. The lowest BCUT2D eigenvalue weighted by Gasteiger charge is -2.24. The van der Waals surface area contributed by atoms with E-state index in [4.69, 9.17) is 5.73 Å². The first kappa shape index (κ1) is 15.0. The molecule has 2 rings (SSSR count). The van der Waals surface area contributed by atoms with Crippen molar-refractivity contribution in [1.29, 1.82) is 0 Å². The van der Waals surface area contributed by atoms with Crippen molar-refractivity contribution in [2.24, 2.45) is 0 Å². The quantitative estimate of drug-likeness (QED) is 0.730. The normalized spacial score (nSPS) is 21.7. The van der Waals surface area contributed by atoms with E-state index in [1.807, 2.05) is 24.8 Å². The van der Waals surface area contributed by atoms with Crippen molar-refractivity contribution in [3.05, 3.63) is 23.8 Å². The number of nitrogens with two attached hydrogens (primary N) is 1. The highest BCUT2D eigenvalue weighted by Gasteiger charge is 2.29. The van der Waals surface area contributed by atoms with E-state index in [9.17, 15) is 4.79 Å². The number of carbonyl (C=O) groups excluding carboxylic acids is 1. The second-order valence-electron chi connectivity index (χ2n) is 5.42. The molecule has 1 fully saturated rings. The highest BCUT2D eigenvalue weighted by Crippen LogP contribution is 2.38. The predicted molar refractivity (Wildman–Crippen MR) is 87.4 cm³/mol. The zero-order valence-electron chi connectivity index (χ0n) is 12.2. The van der Waals surface area contributed by atoms with Crippen molar-refractivity contribution < 1.29 is 4.79 Å². The van der Waals surface area contributed by atoms with Crippen LogP contribution in [-0.2, 0) is 0 Å². The maximum absolute atomic E-state index is 12.1. The predicted octanol–water partition coefficient (Wildman–Crippen LogP) is 2.72. The summed E-state index contributed by atoms with van der Waals surface area (Å²) in [6, 6.07) is 5.39.